The van der Waals surface area contributed by atoms with Crippen molar-refractivity contribution < 1.29 is 8.42 Å². The lowest BCUT2D eigenvalue weighted by Crippen LogP contribution is -2.44. The number of anilines is 2. The van der Waals surface area contributed by atoms with E-state index < -0.39 is 22.0 Å². The molecular weight excluding hydrogens is 532 g/mol. The topological polar surface area (TPSA) is 150 Å². The van der Waals surface area contributed by atoms with Gasteiger partial charge < -0.3 is 20.5 Å². The number of hydrogen-bond donors (Lipinski definition) is 3. The van der Waals surface area contributed by atoms with Crippen LogP contribution in [0.1, 0.15) is 32.4 Å². The van der Waals surface area contributed by atoms with E-state index in [1.807, 2.05) is 36.6 Å². The van der Waals surface area contributed by atoms with Crippen LogP contribution in [0, 0.1) is 0 Å². The van der Waals surface area contributed by atoms with Crippen LogP contribution in [0.15, 0.2) is 51.7 Å². The zero-order valence-electron chi connectivity index (χ0n) is 22.8. The summed E-state index contributed by atoms with van der Waals surface area (Å²) < 4.78 is 26.6. The van der Waals surface area contributed by atoms with Crippen molar-refractivity contribution >= 4 is 44.3 Å². The smallest absolute Gasteiger partial charge is 0.332 e. The monoisotopic (exact) mass is 566 g/mol. The van der Waals surface area contributed by atoms with Crippen LogP contribution < -0.4 is 27.2 Å². The molecule has 4 heterocycles. The molecule has 212 valence electrons. The number of allylic oxidation sites excluding steroid dienone is 2. The predicted molar refractivity (Wildman–Crippen MR) is 158 cm³/mol. The number of aromatic nitrogens is 5. The second-order valence-electron chi connectivity index (χ2n) is 10.4. The van der Waals surface area contributed by atoms with E-state index in [4.69, 9.17) is 10.7 Å². The Bertz CT molecular complexity index is 1810. The maximum Gasteiger partial charge on any atom is 0.332 e. The van der Waals surface area contributed by atoms with Crippen LogP contribution in [0.2, 0.25) is 0 Å². The summed E-state index contributed by atoms with van der Waals surface area (Å²) in [5.74, 6) is 0.427. The molecule has 1 fully saturated rings. The van der Waals surface area contributed by atoms with Crippen molar-refractivity contribution in [3.05, 3.63) is 68.6 Å². The molecule has 1 aliphatic rings. The van der Waals surface area contributed by atoms with Crippen LogP contribution in [-0.2, 0) is 30.8 Å². The number of imidazole rings is 1. The van der Waals surface area contributed by atoms with E-state index >= 15 is 0 Å². The Hall–Kier alpha value is -3.97. The van der Waals surface area contributed by atoms with Gasteiger partial charge in [0.25, 0.3) is 5.56 Å². The molecule has 0 spiro atoms. The standard InChI is InChI=1S/C27H34N8O4S/c1-17(2)9-12-34-23-24(31-26(34)33-11-4-5-19(28)14-33)32(3)27(37)35(25(23)36)15-22-21-13-20(30-16-40(38)39)7-6-18(21)8-10-29-22/h6-10,13,19,30,40H,4-5,11-12,14-16,28H2,1-3H3. The lowest BCUT2D eigenvalue weighted by atomic mass is 10.1. The van der Waals surface area contributed by atoms with E-state index in [9.17, 15) is 18.0 Å². The normalized spacial score (nSPS) is 15.7. The van der Waals surface area contributed by atoms with Crippen LogP contribution in [0.5, 0.6) is 0 Å². The molecular formula is C27H34N8O4S. The number of rotatable bonds is 8. The van der Waals surface area contributed by atoms with Gasteiger partial charge in [0, 0.05) is 50.0 Å². The Morgan fingerprint density at radius 3 is 2.73 bits per heavy atom. The molecule has 12 nitrogen and oxygen atoms in total. The van der Waals surface area contributed by atoms with Crippen LogP contribution in [0.3, 0.4) is 0 Å². The molecule has 13 heteroatoms. The van der Waals surface area contributed by atoms with E-state index in [2.05, 4.69) is 15.2 Å². The number of benzene rings is 1. The van der Waals surface area contributed by atoms with Gasteiger partial charge in [-0.2, -0.15) is 4.98 Å². The van der Waals surface area contributed by atoms with Gasteiger partial charge in [0.1, 0.15) is 5.88 Å². The van der Waals surface area contributed by atoms with Gasteiger partial charge in [0.2, 0.25) is 5.95 Å². The van der Waals surface area contributed by atoms with Crippen molar-refractivity contribution in [2.45, 2.75) is 45.8 Å². The molecule has 4 aromatic rings. The molecule has 3 aromatic heterocycles. The van der Waals surface area contributed by atoms with Gasteiger partial charge in [-0.1, -0.05) is 17.7 Å². The van der Waals surface area contributed by atoms with Gasteiger partial charge in [-0.3, -0.25) is 18.9 Å². The highest BCUT2D eigenvalue weighted by Crippen LogP contribution is 2.24. The number of aryl methyl sites for hydroxylation is 1. The summed E-state index contributed by atoms with van der Waals surface area (Å²) in [4.78, 5) is 38.9. The van der Waals surface area contributed by atoms with Crippen molar-refractivity contribution in [3.63, 3.8) is 0 Å². The summed E-state index contributed by atoms with van der Waals surface area (Å²) in [7, 11) is -0.981. The van der Waals surface area contributed by atoms with Crippen molar-refractivity contribution in [1.82, 2.24) is 23.7 Å². The number of nitrogens with zero attached hydrogens (tertiary/aromatic N) is 6. The van der Waals surface area contributed by atoms with Gasteiger partial charge >= 0.3 is 5.69 Å². The van der Waals surface area contributed by atoms with Crippen LogP contribution in [0.4, 0.5) is 11.6 Å². The minimum Gasteiger partial charge on any atom is -0.372 e. The van der Waals surface area contributed by atoms with Crippen molar-refractivity contribution in [3.8, 4) is 0 Å². The maximum atomic E-state index is 14.0. The Kier molecular flexibility index (Phi) is 7.76. The van der Waals surface area contributed by atoms with Crippen molar-refractivity contribution in [2.24, 2.45) is 12.8 Å². The number of hydrogen-bond acceptors (Lipinski definition) is 9. The minimum atomic E-state index is -2.60. The van der Waals surface area contributed by atoms with Gasteiger partial charge in [-0.05, 0) is 50.3 Å². The molecule has 1 unspecified atom stereocenters. The molecule has 0 aliphatic carbocycles. The predicted octanol–water partition coefficient (Wildman–Crippen LogP) is 1.37. The van der Waals surface area contributed by atoms with E-state index in [0.717, 1.165) is 30.3 Å². The summed E-state index contributed by atoms with van der Waals surface area (Å²) in [6.45, 7) is 5.75. The number of thiol groups is 1. The molecule has 0 radical (unpaired) electrons. The second kappa shape index (κ2) is 11.3. The highest BCUT2D eigenvalue weighted by Gasteiger charge is 2.26. The van der Waals surface area contributed by atoms with Gasteiger partial charge in [0.15, 0.2) is 21.9 Å². The molecule has 3 N–H and O–H groups in total. The highest BCUT2D eigenvalue weighted by molar-refractivity contribution is 7.72. The van der Waals surface area contributed by atoms with Gasteiger partial charge in [-0.25, -0.2) is 13.2 Å². The summed E-state index contributed by atoms with van der Waals surface area (Å²) in [5.41, 5.74) is 8.20. The first-order valence-corrected chi connectivity index (χ1v) is 14.6. The second-order valence-corrected chi connectivity index (χ2v) is 11.4. The number of fused-ring (bicyclic) bond motifs is 2. The molecule has 0 amide bonds. The number of piperidine rings is 1. The van der Waals surface area contributed by atoms with E-state index in [-0.39, 0.29) is 18.5 Å². The van der Waals surface area contributed by atoms with E-state index in [1.54, 1.807) is 25.4 Å². The third-order valence-corrected chi connectivity index (χ3v) is 7.62. The summed E-state index contributed by atoms with van der Waals surface area (Å²) >= 11 is 0. The molecule has 1 aliphatic heterocycles. The Balaban J connectivity index is 1.66. The molecule has 40 heavy (non-hydrogen) atoms. The zero-order chi connectivity index (χ0) is 28.6. The third-order valence-electron chi connectivity index (χ3n) is 7.20. The van der Waals surface area contributed by atoms with Crippen LogP contribution in [0.25, 0.3) is 21.9 Å². The molecule has 1 atom stereocenters. The molecule has 0 bridgehead atoms. The first-order valence-electron chi connectivity index (χ1n) is 13.2. The third kappa shape index (κ3) is 5.39. The van der Waals surface area contributed by atoms with Gasteiger partial charge in [-0.15, -0.1) is 0 Å². The lowest BCUT2D eigenvalue weighted by molar-refractivity contribution is 0.495. The summed E-state index contributed by atoms with van der Waals surface area (Å²) in [6, 6.07) is 7.23. The fourth-order valence-electron chi connectivity index (χ4n) is 5.15. The fraction of sp³-hybridized carbons (Fsp3) is 0.407. The Morgan fingerprint density at radius 1 is 1.20 bits per heavy atom. The summed E-state index contributed by atoms with van der Waals surface area (Å²) in [5, 5.41) is 4.43. The molecule has 1 saturated heterocycles. The first kappa shape index (κ1) is 27.6. The minimum absolute atomic E-state index is 0.0111. The largest absolute Gasteiger partial charge is 0.372 e. The van der Waals surface area contributed by atoms with Crippen LogP contribution in [-0.4, -0.2) is 57.1 Å². The van der Waals surface area contributed by atoms with Gasteiger partial charge in [0.05, 0.1) is 12.2 Å². The van der Waals surface area contributed by atoms with Crippen molar-refractivity contribution in [2.75, 3.05) is 29.2 Å². The highest BCUT2D eigenvalue weighted by atomic mass is 32.2. The maximum absolute atomic E-state index is 14.0. The lowest BCUT2D eigenvalue weighted by Gasteiger charge is -2.31. The number of pyridine rings is 1. The summed E-state index contributed by atoms with van der Waals surface area (Å²) in [6.07, 6.45) is 5.51. The fourth-order valence-corrected chi connectivity index (χ4v) is 5.46. The van der Waals surface area contributed by atoms with Crippen molar-refractivity contribution in [1.29, 1.82) is 0 Å². The van der Waals surface area contributed by atoms with Crippen LogP contribution >= 0.6 is 0 Å². The van der Waals surface area contributed by atoms with E-state index in [0.29, 0.717) is 47.0 Å². The molecule has 0 saturated carbocycles. The quantitative estimate of drug-likeness (QED) is 0.212. The molecule has 1 aromatic carbocycles. The Labute approximate surface area is 232 Å². The van der Waals surface area contributed by atoms with E-state index in [1.165, 1.54) is 9.13 Å². The zero-order valence-corrected chi connectivity index (χ0v) is 23.7. The molecule has 5 rings (SSSR count). The SMILES string of the molecule is CC(C)=CCn1c(N2CCCC(N)C2)nc2c1c(=O)n(Cc1nccc3ccc(NC[SH](=O)=O)cc13)c(=O)n2C. The average Bonchev–Trinajstić information content (AvgIpc) is 3.32. The number of nitrogens with one attached hydrogen (secondary N) is 1. The Morgan fingerprint density at radius 2 is 2.00 bits per heavy atom. The number of nitrogens with two attached hydrogens (primary N) is 1. The average molecular weight is 567 g/mol. The first-order chi connectivity index (χ1) is 19.1.